The lowest BCUT2D eigenvalue weighted by Crippen LogP contribution is -2.36. The summed E-state index contributed by atoms with van der Waals surface area (Å²) in [5.41, 5.74) is 2.07. The van der Waals surface area contributed by atoms with Crippen molar-refractivity contribution in [1.82, 2.24) is 0 Å². The van der Waals surface area contributed by atoms with Crippen LogP contribution in [0.5, 0.6) is 0 Å². The highest BCUT2D eigenvalue weighted by molar-refractivity contribution is 8.14. The zero-order valence-corrected chi connectivity index (χ0v) is 14.0. The van der Waals surface area contributed by atoms with Crippen LogP contribution in [-0.2, 0) is 0 Å². The van der Waals surface area contributed by atoms with Gasteiger partial charge in [-0.05, 0) is 12.1 Å². The van der Waals surface area contributed by atoms with E-state index in [1.807, 2.05) is 72.2 Å². The van der Waals surface area contributed by atoms with Gasteiger partial charge in [-0.3, -0.25) is 0 Å². The molecule has 2 N–H and O–H groups in total. The van der Waals surface area contributed by atoms with E-state index in [0.29, 0.717) is 12.2 Å². The summed E-state index contributed by atoms with van der Waals surface area (Å²) in [6.07, 6.45) is 0.685. The average molecular weight is 325 g/mol. The van der Waals surface area contributed by atoms with Crippen LogP contribution in [0.2, 0.25) is 0 Å². The lowest BCUT2D eigenvalue weighted by molar-refractivity contribution is -0.575. The summed E-state index contributed by atoms with van der Waals surface area (Å²) in [6, 6.07) is 20.0. The van der Waals surface area contributed by atoms with Gasteiger partial charge in [0.1, 0.15) is 0 Å². The molecule has 1 atom stereocenters. The maximum Gasteiger partial charge on any atom is 0.277 e. The Morgan fingerprint density at radius 3 is 2.43 bits per heavy atom. The smallest absolute Gasteiger partial charge is 0.277 e. The lowest BCUT2D eigenvalue weighted by Gasteiger charge is -2.15. The number of allylic oxidation sites excluding steroid dienone is 1. The van der Waals surface area contributed by atoms with Crippen LogP contribution < -0.4 is 5.32 Å². The highest BCUT2D eigenvalue weighted by Crippen LogP contribution is 2.33. The summed E-state index contributed by atoms with van der Waals surface area (Å²) in [5.74, 6) is 0.649. The maximum atomic E-state index is 10.7. The van der Waals surface area contributed by atoms with Crippen LogP contribution in [0.4, 0.5) is 11.4 Å². The van der Waals surface area contributed by atoms with Crippen LogP contribution in [0.15, 0.2) is 72.9 Å². The van der Waals surface area contributed by atoms with Crippen LogP contribution in [0.25, 0.3) is 0 Å². The molecule has 0 fully saturated rings. The second-order valence-electron chi connectivity index (χ2n) is 5.84. The summed E-state index contributed by atoms with van der Waals surface area (Å²) in [5, 5.41) is 15.2. The summed E-state index contributed by atoms with van der Waals surface area (Å²) in [4.78, 5) is 0. The molecule has 1 aliphatic rings. The van der Waals surface area contributed by atoms with E-state index in [-0.39, 0.29) is 0 Å². The molecule has 23 heavy (non-hydrogen) atoms. The molecule has 0 aromatic heterocycles. The fourth-order valence-corrected chi connectivity index (χ4v) is 3.98. The fraction of sp³-hybridized carbons (Fsp3) is 0.211. The van der Waals surface area contributed by atoms with Gasteiger partial charge >= 0.3 is 0 Å². The first-order chi connectivity index (χ1) is 11.1. The Balaban J connectivity index is 1.83. The molecule has 0 amide bonds. The molecule has 2 aromatic rings. The van der Waals surface area contributed by atoms with Gasteiger partial charge in [-0.2, -0.15) is 4.58 Å². The van der Waals surface area contributed by atoms with Gasteiger partial charge in [0.25, 0.3) is 5.72 Å². The van der Waals surface area contributed by atoms with Gasteiger partial charge in [-0.25, -0.2) is 0 Å². The number of nitrogens with zero attached hydrogens (tertiary/aromatic N) is 1. The largest absolute Gasteiger partial charge is 0.359 e. The van der Waals surface area contributed by atoms with Gasteiger partial charge in [0, 0.05) is 30.4 Å². The standard InChI is InChI=1S/C19H21N2OS/c1-15(20-16-9-5-3-6-10-16)13-18-21(19(2,22)14-23-18)17-11-7-4-8-12-17/h3-12,20,22H,1,13-14H2,2H3/q+1/t19-/m0/s1. The Hall–Kier alpha value is -2.04. The van der Waals surface area contributed by atoms with Gasteiger partial charge in [-0.15, -0.1) is 0 Å². The van der Waals surface area contributed by atoms with Crippen molar-refractivity contribution in [3.63, 3.8) is 0 Å². The third-order valence-corrected chi connectivity index (χ3v) is 5.07. The molecular formula is C19H21N2OS+. The first-order valence-corrected chi connectivity index (χ1v) is 8.61. The van der Waals surface area contributed by atoms with Crippen LogP contribution in [0.3, 0.4) is 0 Å². The first kappa shape index (κ1) is 15.8. The maximum absolute atomic E-state index is 10.7. The van der Waals surface area contributed by atoms with Crippen LogP contribution in [0.1, 0.15) is 13.3 Å². The predicted molar refractivity (Wildman–Crippen MR) is 98.3 cm³/mol. The molecule has 0 saturated heterocycles. The van der Waals surface area contributed by atoms with E-state index in [0.717, 1.165) is 22.1 Å². The minimum Gasteiger partial charge on any atom is -0.359 e. The predicted octanol–water partition coefficient (Wildman–Crippen LogP) is 4.20. The van der Waals surface area contributed by atoms with Crippen molar-refractivity contribution in [1.29, 1.82) is 0 Å². The molecule has 0 aliphatic carbocycles. The molecule has 1 aliphatic heterocycles. The Bertz CT molecular complexity index is 724. The molecule has 3 nitrogen and oxygen atoms in total. The van der Waals surface area contributed by atoms with Crippen LogP contribution in [0, 0.1) is 0 Å². The summed E-state index contributed by atoms with van der Waals surface area (Å²) in [7, 11) is 0. The second kappa shape index (κ2) is 6.60. The normalized spacial score (nSPS) is 20.6. The fourth-order valence-electron chi connectivity index (χ4n) is 2.70. The van der Waals surface area contributed by atoms with E-state index in [1.54, 1.807) is 11.8 Å². The number of anilines is 1. The van der Waals surface area contributed by atoms with Gasteiger partial charge in [0.15, 0.2) is 0 Å². The third kappa shape index (κ3) is 3.66. The van der Waals surface area contributed by atoms with Gasteiger partial charge in [-0.1, -0.05) is 54.7 Å². The quantitative estimate of drug-likeness (QED) is 0.809. The Kier molecular flexibility index (Phi) is 4.55. The zero-order chi connectivity index (χ0) is 16.3. The number of benzene rings is 2. The molecule has 0 saturated carbocycles. The molecule has 3 rings (SSSR count). The van der Waals surface area contributed by atoms with Crippen molar-refractivity contribution in [3.05, 3.63) is 72.9 Å². The second-order valence-corrected chi connectivity index (χ2v) is 6.89. The number of para-hydroxylation sites is 2. The van der Waals surface area contributed by atoms with Gasteiger partial charge < -0.3 is 10.4 Å². The lowest BCUT2D eigenvalue weighted by atomic mass is 10.2. The van der Waals surface area contributed by atoms with Crippen molar-refractivity contribution < 1.29 is 9.68 Å². The third-order valence-electron chi connectivity index (χ3n) is 3.72. The Morgan fingerprint density at radius 1 is 1.17 bits per heavy atom. The van der Waals surface area contributed by atoms with Crippen molar-refractivity contribution in [3.8, 4) is 0 Å². The van der Waals surface area contributed by atoms with Gasteiger partial charge in [0.2, 0.25) is 10.7 Å². The molecular weight excluding hydrogens is 304 g/mol. The molecule has 4 heteroatoms. The molecule has 2 aromatic carbocycles. The molecule has 1 heterocycles. The van der Waals surface area contributed by atoms with E-state index in [1.165, 1.54) is 0 Å². The van der Waals surface area contributed by atoms with E-state index >= 15 is 0 Å². The summed E-state index contributed by atoms with van der Waals surface area (Å²) < 4.78 is 2.01. The topological polar surface area (TPSA) is 35.3 Å². The molecule has 0 spiro atoms. The van der Waals surface area contributed by atoms with Crippen molar-refractivity contribution >= 4 is 28.2 Å². The summed E-state index contributed by atoms with van der Waals surface area (Å²) in [6.45, 7) is 5.99. The van der Waals surface area contributed by atoms with E-state index < -0.39 is 5.72 Å². The van der Waals surface area contributed by atoms with Crippen LogP contribution in [-0.4, -0.2) is 26.2 Å². The number of nitrogens with one attached hydrogen (secondary N) is 1. The first-order valence-electron chi connectivity index (χ1n) is 7.62. The number of hydrogen-bond donors (Lipinski definition) is 2. The van der Waals surface area contributed by atoms with E-state index in [9.17, 15) is 5.11 Å². The Labute approximate surface area is 141 Å². The van der Waals surface area contributed by atoms with E-state index in [4.69, 9.17) is 0 Å². The van der Waals surface area contributed by atoms with Crippen molar-refractivity contribution in [2.24, 2.45) is 0 Å². The minimum absolute atomic E-state index is 0.649. The molecule has 0 radical (unpaired) electrons. The van der Waals surface area contributed by atoms with Crippen LogP contribution >= 0.6 is 11.8 Å². The average Bonchev–Trinajstić information content (AvgIpc) is 2.83. The highest BCUT2D eigenvalue weighted by atomic mass is 32.2. The molecule has 0 unspecified atom stereocenters. The molecule has 118 valence electrons. The van der Waals surface area contributed by atoms with Crippen molar-refractivity contribution in [2.45, 2.75) is 19.1 Å². The number of hydrogen-bond acceptors (Lipinski definition) is 3. The zero-order valence-electron chi connectivity index (χ0n) is 13.2. The minimum atomic E-state index is -0.881. The number of aliphatic hydroxyl groups is 1. The highest BCUT2D eigenvalue weighted by Gasteiger charge is 2.44. The van der Waals surface area contributed by atoms with Gasteiger partial charge in [0.05, 0.1) is 12.2 Å². The number of thioether (sulfide) groups is 1. The number of rotatable bonds is 5. The SMILES string of the molecule is C=C(CC1=[N+](c2ccccc2)[C@@](C)(O)CS1)Nc1ccccc1. The monoisotopic (exact) mass is 325 g/mol. The van der Waals surface area contributed by atoms with E-state index in [2.05, 4.69) is 11.9 Å². The van der Waals surface area contributed by atoms with Crippen molar-refractivity contribution in [2.75, 3.05) is 11.1 Å². The summed E-state index contributed by atoms with van der Waals surface area (Å²) >= 11 is 1.68. The molecule has 0 bridgehead atoms. The Morgan fingerprint density at radius 2 is 1.78 bits per heavy atom.